The normalized spacial score (nSPS) is 18.1. The highest BCUT2D eigenvalue weighted by Crippen LogP contribution is 2.54. The number of phenols is 2. The van der Waals surface area contributed by atoms with Crippen LogP contribution in [0.2, 0.25) is 0 Å². The van der Waals surface area contributed by atoms with E-state index in [1.165, 1.54) is 0 Å². The van der Waals surface area contributed by atoms with E-state index in [1.807, 2.05) is 6.07 Å². The molecule has 23 heavy (non-hydrogen) atoms. The molecule has 0 saturated carbocycles. The first-order chi connectivity index (χ1) is 11.2. The number of ether oxygens (including phenoxy) is 2. The lowest BCUT2D eigenvalue weighted by Gasteiger charge is -2.36. The fourth-order valence-electron chi connectivity index (χ4n) is 3.92. The van der Waals surface area contributed by atoms with Gasteiger partial charge in [0.2, 0.25) is 0 Å². The van der Waals surface area contributed by atoms with E-state index in [-0.39, 0.29) is 17.5 Å². The van der Waals surface area contributed by atoms with Gasteiger partial charge in [0, 0.05) is 17.2 Å². The lowest BCUT2D eigenvalue weighted by Crippen LogP contribution is -2.33. The maximum absolute atomic E-state index is 10.4. The Balaban J connectivity index is 2.13. The van der Waals surface area contributed by atoms with E-state index in [1.54, 1.807) is 26.4 Å². The molecule has 2 aliphatic rings. The Bertz CT molecular complexity index is 800. The van der Waals surface area contributed by atoms with Crippen molar-refractivity contribution < 1.29 is 19.7 Å². The van der Waals surface area contributed by atoms with Gasteiger partial charge in [-0.25, -0.2) is 0 Å². The van der Waals surface area contributed by atoms with Crippen LogP contribution in [0.5, 0.6) is 23.0 Å². The second-order valence-electron chi connectivity index (χ2n) is 5.99. The van der Waals surface area contributed by atoms with E-state index in [2.05, 4.69) is 5.32 Å². The van der Waals surface area contributed by atoms with Crippen molar-refractivity contribution in [3.8, 4) is 34.1 Å². The van der Waals surface area contributed by atoms with Crippen LogP contribution >= 0.6 is 0 Å². The molecule has 0 amide bonds. The fourth-order valence-corrected chi connectivity index (χ4v) is 3.92. The average Bonchev–Trinajstić information content (AvgIpc) is 2.55. The number of hydrogen-bond donors (Lipinski definition) is 3. The molecular weight excluding hydrogens is 294 g/mol. The molecule has 3 N–H and O–H groups in total. The molecule has 0 unspecified atom stereocenters. The van der Waals surface area contributed by atoms with Crippen LogP contribution in [-0.2, 0) is 12.8 Å². The van der Waals surface area contributed by atoms with Crippen LogP contribution in [0.3, 0.4) is 0 Å². The number of benzene rings is 2. The Morgan fingerprint density at radius 1 is 1.00 bits per heavy atom. The van der Waals surface area contributed by atoms with Crippen molar-refractivity contribution in [2.24, 2.45) is 0 Å². The van der Waals surface area contributed by atoms with Crippen molar-refractivity contribution in [2.75, 3.05) is 20.8 Å². The van der Waals surface area contributed by atoms with Crippen molar-refractivity contribution in [1.82, 2.24) is 5.32 Å². The summed E-state index contributed by atoms with van der Waals surface area (Å²) in [5.74, 6) is 1.08. The Morgan fingerprint density at radius 2 is 1.74 bits per heavy atom. The average molecular weight is 313 g/mol. The number of methoxy groups -OCH3 is 2. The van der Waals surface area contributed by atoms with Gasteiger partial charge >= 0.3 is 0 Å². The van der Waals surface area contributed by atoms with Crippen LogP contribution in [-0.4, -0.2) is 31.0 Å². The maximum atomic E-state index is 10.4. The first kappa shape index (κ1) is 14.2. The van der Waals surface area contributed by atoms with E-state index in [0.717, 1.165) is 47.2 Å². The summed E-state index contributed by atoms with van der Waals surface area (Å²) >= 11 is 0. The van der Waals surface area contributed by atoms with Crippen LogP contribution in [0.15, 0.2) is 18.2 Å². The molecule has 0 fully saturated rings. The van der Waals surface area contributed by atoms with Crippen molar-refractivity contribution in [3.63, 3.8) is 0 Å². The molecule has 4 rings (SSSR count). The molecular formula is C18H19NO4. The Hall–Kier alpha value is -2.40. The van der Waals surface area contributed by atoms with E-state index in [9.17, 15) is 10.2 Å². The fraction of sp³-hybridized carbons (Fsp3) is 0.333. The molecule has 120 valence electrons. The molecule has 0 saturated heterocycles. The van der Waals surface area contributed by atoms with Crippen molar-refractivity contribution >= 4 is 0 Å². The predicted molar refractivity (Wildman–Crippen MR) is 86.5 cm³/mol. The number of phenolic OH excluding ortho intramolecular Hbond substituents is 2. The lowest BCUT2D eigenvalue weighted by molar-refractivity contribution is 0.364. The van der Waals surface area contributed by atoms with Gasteiger partial charge in [-0.05, 0) is 48.2 Å². The highest BCUT2D eigenvalue weighted by molar-refractivity contribution is 5.88. The molecule has 1 atom stereocenters. The Morgan fingerprint density at radius 3 is 2.48 bits per heavy atom. The van der Waals surface area contributed by atoms with Gasteiger partial charge in [0.1, 0.15) is 0 Å². The second kappa shape index (κ2) is 5.06. The van der Waals surface area contributed by atoms with Gasteiger partial charge in [0.25, 0.3) is 0 Å². The van der Waals surface area contributed by atoms with E-state index >= 15 is 0 Å². The van der Waals surface area contributed by atoms with E-state index in [0.29, 0.717) is 11.5 Å². The molecule has 5 nitrogen and oxygen atoms in total. The standard InChI is InChI=1S/C18H19NO4/c1-22-17-12(20)4-3-9-7-11-14-10(5-6-19-11)8-13(21)18(23-2)16(14)15(9)17/h3-4,8,11,19-21H,5-7H2,1-2H3/t11-/m1/s1. The third kappa shape index (κ3) is 1.90. The molecule has 2 aromatic rings. The zero-order valence-corrected chi connectivity index (χ0v) is 13.1. The third-order valence-electron chi connectivity index (χ3n) is 4.82. The molecule has 1 heterocycles. The van der Waals surface area contributed by atoms with E-state index < -0.39 is 0 Å². The summed E-state index contributed by atoms with van der Waals surface area (Å²) in [6, 6.07) is 5.55. The molecule has 1 aliphatic heterocycles. The first-order valence-corrected chi connectivity index (χ1v) is 7.71. The number of aromatic hydroxyl groups is 2. The zero-order chi connectivity index (χ0) is 16.1. The van der Waals surface area contributed by atoms with Crippen molar-refractivity contribution in [3.05, 3.63) is 34.9 Å². The molecule has 0 spiro atoms. The number of nitrogens with one attached hydrogen (secondary N) is 1. The quantitative estimate of drug-likeness (QED) is 0.795. The largest absolute Gasteiger partial charge is 0.504 e. The SMILES string of the molecule is COc1c(O)ccc2c1-c1c(OC)c(O)cc3c1[C@@H](C2)NCC3. The monoisotopic (exact) mass is 313 g/mol. The van der Waals surface area contributed by atoms with Crippen LogP contribution in [0, 0.1) is 0 Å². The highest BCUT2D eigenvalue weighted by Gasteiger charge is 2.35. The molecule has 0 aromatic heterocycles. The zero-order valence-electron chi connectivity index (χ0n) is 13.1. The summed E-state index contributed by atoms with van der Waals surface area (Å²) < 4.78 is 11.0. The van der Waals surface area contributed by atoms with Crippen LogP contribution in [0.25, 0.3) is 11.1 Å². The summed E-state index contributed by atoms with van der Waals surface area (Å²) in [6.07, 6.45) is 1.67. The number of fused-ring (bicyclic) bond motifs is 2. The highest BCUT2D eigenvalue weighted by atomic mass is 16.5. The predicted octanol–water partition coefficient (Wildman–Crippen LogP) is 2.52. The summed E-state index contributed by atoms with van der Waals surface area (Å²) in [5, 5.41) is 24.1. The minimum atomic E-state index is 0.0904. The van der Waals surface area contributed by atoms with Crippen LogP contribution < -0.4 is 14.8 Å². The summed E-state index contributed by atoms with van der Waals surface area (Å²) in [4.78, 5) is 0. The lowest BCUT2D eigenvalue weighted by atomic mass is 9.77. The minimum absolute atomic E-state index is 0.0904. The van der Waals surface area contributed by atoms with Gasteiger partial charge in [-0.2, -0.15) is 0 Å². The molecule has 1 aliphatic carbocycles. The molecule has 0 bridgehead atoms. The third-order valence-corrected chi connectivity index (χ3v) is 4.82. The van der Waals surface area contributed by atoms with Gasteiger partial charge < -0.3 is 25.0 Å². The minimum Gasteiger partial charge on any atom is -0.504 e. The van der Waals surface area contributed by atoms with Gasteiger partial charge in [0.05, 0.1) is 14.2 Å². The van der Waals surface area contributed by atoms with Gasteiger partial charge in [-0.1, -0.05) is 6.07 Å². The molecule has 2 aromatic carbocycles. The second-order valence-corrected chi connectivity index (χ2v) is 5.99. The van der Waals surface area contributed by atoms with E-state index in [4.69, 9.17) is 9.47 Å². The summed E-state index contributed by atoms with van der Waals surface area (Å²) in [6.45, 7) is 0.882. The number of hydrogen-bond acceptors (Lipinski definition) is 5. The van der Waals surface area contributed by atoms with Crippen LogP contribution in [0.4, 0.5) is 0 Å². The van der Waals surface area contributed by atoms with Crippen molar-refractivity contribution in [2.45, 2.75) is 18.9 Å². The molecule has 5 heteroatoms. The topological polar surface area (TPSA) is 71.0 Å². The maximum Gasteiger partial charge on any atom is 0.168 e. The van der Waals surface area contributed by atoms with Gasteiger partial charge in [-0.15, -0.1) is 0 Å². The van der Waals surface area contributed by atoms with Crippen LogP contribution in [0.1, 0.15) is 22.7 Å². The Kier molecular flexibility index (Phi) is 3.13. The smallest absolute Gasteiger partial charge is 0.168 e. The first-order valence-electron chi connectivity index (χ1n) is 7.71. The van der Waals surface area contributed by atoms with Gasteiger partial charge in [0.15, 0.2) is 23.0 Å². The number of rotatable bonds is 2. The van der Waals surface area contributed by atoms with Gasteiger partial charge in [-0.3, -0.25) is 0 Å². The van der Waals surface area contributed by atoms with Crippen molar-refractivity contribution in [1.29, 1.82) is 0 Å². The Labute approximate surface area is 134 Å². The molecule has 0 radical (unpaired) electrons. The summed E-state index contributed by atoms with van der Waals surface area (Å²) in [7, 11) is 3.09. The summed E-state index contributed by atoms with van der Waals surface area (Å²) in [5.41, 5.74) is 4.98.